The van der Waals surface area contributed by atoms with Gasteiger partial charge in [0.05, 0.1) is 0 Å². The molecule has 0 aromatic heterocycles. The maximum absolute atomic E-state index is 2.33. The average Bonchev–Trinajstić information content (AvgIpc) is 3.35. The van der Waals surface area contributed by atoms with E-state index >= 15 is 0 Å². The minimum atomic E-state index is 1.19. The van der Waals surface area contributed by atoms with Crippen LogP contribution in [-0.2, 0) is 0 Å². The normalized spacial score (nSPS) is 11.0. The highest BCUT2D eigenvalue weighted by molar-refractivity contribution is 5.84. The van der Waals surface area contributed by atoms with Crippen molar-refractivity contribution >= 4 is 0 Å². The van der Waals surface area contributed by atoms with Crippen molar-refractivity contribution in [2.45, 2.75) is 0 Å². The van der Waals surface area contributed by atoms with Crippen LogP contribution >= 0.6 is 0 Å². The molecule has 0 aliphatic heterocycles. The summed E-state index contributed by atoms with van der Waals surface area (Å²) in [6, 6.07) is 92.3. The molecule has 0 saturated heterocycles. The van der Waals surface area contributed by atoms with Crippen molar-refractivity contribution in [3.8, 4) is 100 Å². The van der Waals surface area contributed by atoms with Crippen LogP contribution in [0.25, 0.3) is 100 Å². The molecule has 10 aromatic rings. The van der Waals surface area contributed by atoms with Gasteiger partial charge in [-0.15, -0.1) is 0 Å². The fourth-order valence-electron chi connectivity index (χ4n) is 8.15. The van der Waals surface area contributed by atoms with Gasteiger partial charge in [-0.2, -0.15) is 0 Å². The van der Waals surface area contributed by atoms with Gasteiger partial charge in [0.1, 0.15) is 0 Å². The minimum Gasteiger partial charge on any atom is -0.0622 e. The number of hydrogen-bond acceptors (Lipinski definition) is 0. The van der Waals surface area contributed by atoms with Crippen LogP contribution in [0.4, 0.5) is 0 Å². The first-order valence-corrected chi connectivity index (χ1v) is 20.6. The molecule has 10 aromatic carbocycles. The first-order valence-electron chi connectivity index (χ1n) is 20.6. The van der Waals surface area contributed by atoms with E-state index in [0.29, 0.717) is 0 Å². The van der Waals surface area contributed by atoms with Crippen LogP contribution in [0.2, 0.25) is 0 Å². The lowest BCUT2D eigenvalue weighted by atomic mass is 9.91. The van der Waals surface area contributed by atoms with Crippen molar-refractivity contribution in [2.75, 3.05) is 0 Å². The SMILES string of the molecule is c1ccc(-c2ccc(-c3ccc(-c4cc(-c5ccc(-c6ccc(-c7ccccc7)cc6)cc5)cc(-c5ccc(-c6ccc(-c7ccccc7)cc6)cc5)c4)cc3)cc2)cc1. The summed E-state index contributed by atoms with van der Waals surface area (Å²) in [4.78, 5) is 0. The van der Waals surface area contributed by atoms with Crippen LogP contribution in [-0.4, -0.2) is 0 Å². The lowest BCUT2D eigenvalue weighted by Gasteiger charge is -2.13. The van der Waals surface area contributed by atoms with Crippen molar-refractivity contribution in [1.82, 2.24) is 0 Å². The van der Waals surface area contributed by atoms with E-state index in [9.17, 15) is 0 Å². The van der Waals surface area contributed by atoms with E-state index in [1.165, 1.54) is 100 Å². The average molecular weight is 763 g/mol. The molecule has 0 fully saturated rings. The molecule has 0 atom stereocenters. The van der Waals surface area contributed by atoms with Gasteiger partial charge in [-0.3, -0.25) is 0 Å². The van der Waals surface area contributed by atoms with Crippen molar-refractivity contribution in [3.05, 3.63) is 255 Å². The minimum absolute atomic E-state index is 1.19. The Morgan fingerprint density at radius 1 is 0.100 bits per heavy atom. The fraction of sp³-hybridized carbons (Fsp3) is 0. The molecule has 10 rings (SSSR count). The first-order chi connectivity index (χ1) is 29.7. The summed E-state index contributed by atoms with van der Waals surface area (Å²) < 4.78 is 0. The Labute approximate surface area is 353 Å². The van der Waals surface area contributed by atoms with Gasteiger partial charge in [-0.25, -0.2) is 0 Å². The van der Waals surface area contributed by atoms with E-state index in [-0.39, 0.29) is 0 Å². The zero-order chi connectivity index (χ0) is 40.1. The van der Waals surface area contributed by atoms with Crippen molar-refractivity contribution in [1.29, 1.82) is 0 Å². The van der Waals surface area contributed by atoms with E-state index in [2.05, 4.69) is 255 Å². The van der Waals surface area contributed by atoms with E-state index in [4.69, 9.17) is 0 Å². The Morgan fingerprint density at radius 2 is 0.217 bits per heavy atom. The maximum atomic E-state index is 2.33. The highest BCUT2D eigenvalue weighted by Gasteiger charge is 2.11. The summed E-state index contributed by atoms with van der Waals surface area (Å²) in [5.41, 5.74) is 21.7. The van der Waals surface area contributed by atoms with E-state index in [1.54, 1.807) is 0 Å². The molecule has 0 aliphatic carbocycles. The third-order valence-electron chi connectivity index (χ3n) is 11.6. The highest BCUT2D eigenvalue weighted by atomic mass is 14.1. The third kappa shape index (κ3) is 7.88. The Balaban J connectivity index is 0.960. The van der Waals surface area contributed by atoms with Gasteiger partial charge >= 0.3 is 0 Å². The predicted octanol–water partition coefficient (Wildman–Crippen LogP) is 16.7. The van der Waals surface area contributed by atoms with E-state index in [1.807, 2.05) is 0 Å². The van der Waals surface area contributed by atoms with E-state index < -0.39 is 0 Å². The van der Waals surface area contributed by atoms with Crippen LogP contribution < -0.4 is 0 Å². The van der Waals surface area contributed by atoms with Crippen molar-refractivity contribution < 1.29 is 0 Å². The smallest absolute Gasteiger partial charge is 0.0172 e. The first kappa shape index (κ1) is 36.5. The molecule has 282 valence electrons. The molecule has 0 aliphatic rings. The molecular weight excluding hydrogens is 721 g/mol. The number of rotatable bonds is 9. The maximum Gasteiger partial charge on any atom is -0.0172 e. The number of hydrogen-bond donors (Lipinski definition) is 0. The topological polar surface area (TPSA) is 0 Å². The Morgan fingerprint density at radius 3 is 0.367 bits per heavy atom. The Hall–Kier alpha value is -7.80. The molecule has 0 N–H and O–H groups in total. The second-order valence-electron chi connectivity index (χ2n) is 15.4. The van der Waals surface area contributed by atoms with Crippen LogP contribution in [0.15, 0.2) is 255 Å². The second kappa shape index (κ2) is 16.6. The molecule has 0 amide bonds. The molecule has 0 unspecified atom stereocenters. The molecular formula is C60H42. The van der Waals surface area contributed by atoms with Gasteiger partial charge in [-0.1, -0.05) is 237 Å². The largest absolute Gasteiger partial charge is 0.0622 e. The van der Waals surface area contributed by atoms with Crippen molar-refractivity contribution in [3.63, 3.8) is 0 Å². The van der Waals surface area contributed by atoms with Crippen LogP contribution in [0.1, 0.15) is 0 Å². The quantitative estimate of drug-likeness (QED) is 0.137. The molecule has 0 spiro atoms. The summed E-state index contributed by atoms with van der Waals surface area (Å²) in [7, 11) is 0. The second-order valence-corrected chi connectivity index (χ2v) is 15.4. The van der Waals surface area contributed by atoms with E-state index in [0.717, 1.165) is 0 Å². The monoisotopic (exact) mass is 762 g/mol. The molecule has 0 saturated carbocycles. The fourth-order valence-corrected chi connectivity index (χ4v) is 8.15. The third-order valence-corrected chi connectivity index (χ3v) is 11.6. The zero-order valence-corrected chi connectivity index (χ0v) is 33.2. The molecule has 0 heterocycles. The van der Waals surface area contributed by atoms with Gasteiger partial charge in [0.15, 0.2) is 0 Å². The summed E-state index contributed by atoms with van der Waals surface area (Å²) in [6.45, 7) is 0. The van der Waals surface area contributed by atoms with Crippen LogP contribution in [0.5, 0.6) is 0 Å². The van der Waals surface area contributed by atoms with Crippen LogP contribution in [0, 0.1) is 0 Å². The zero-order valence-electron chi connectivity index (χ0n) is 33.2. The van der Waals surface area contributed by atoms with Crippen molar-refractivity contribution in [2.24, 2.45) is 0 Å². The molecule has 60 heavy (non-hydrogen) atoms. The lowest BCUT2D eigenvalue weighted by Crippen LogP contribution is -1.88. The molecule has 0 nitrogen and oxygen atoms in total. The van der Waals surface area contributed by atoms with Crippen LogP contribution in [0.3, 0.4) is 0 Å². The standard InChI is InChI=1S/C60H42/c1-4-10-43(11-5-1)46-16-22-49(23-17-46)52-28-34-55(35-29-52)58-40-59(56-36-30-53(31-37-56)50-24-18-47(19-25-50)44-12-6-2-7-13-44)42-60(41-58)57-38-32-54(33-39-57)51-26-20-48(21-27-51)45-14-8-3-9-15-45/h1-42H. The Kier molecular flexibility index (Phi) is 10.1. The van der Waals surface area contributed by atoms with Gasteiger partial charge in [0.25, 0.3) is 0 Å². The summed E-state index contributed by atoms with van der Waals surface area (Å²) >= 11 is 0. The van der Waals surface area contributed by atoms with Gasteiger partial charge in [-0.05, 0) is 118 Å². The van der Waals surface area contributed by atoms with Gasteiger partial charge < -0.3 is 0 Å². The highest BCUT2D eigenvalue weighted by Crippen LogP contribution is 2.36. The van der Waals surface area contributed by atoms with Gasteiger partial charge in [0, 0.05) is 0 Å². The summed E-state index contributed by atoms with van der Waals surface area (Å²) in [5, 5.41) is 0. The van der Waals surface area contributed by atoms with Gasteiger partial charge in [0.2, 0.25) is 0 Å². The molecule has 0 heteroatoms. The summed E-state index contributed by atoms with van der Waals surface area (Å²) in [6.07, 6.45) is 0. The summed E-state index contributed by atoms with van der Waals surface area (Å²) in [5.74, 6) is 0. The lowest BCUT2D eigenvalue weighted by molar-refractivity contribution is 1.54. The Bertz CT molecular complexity index is 2620. The predicted molar refractivity (Wildman–Crippen MR) is 255 cm³/mol. The molecule has 0 radical (unpaired) electrons. The number of benzene rings is 10. The molecule has 0 bridgehead atoms.